The van der Waals surface area contributed by atoms with Gasteiger partial charge in [0.1, 0.15) is 29.8 Å². The van der Waals surface area contributed by atoms with Crippen LogP contribution in [0.1, 0.15) is 26.0 Å². The average Bonchev–Trinajstić information content (AvgIpc) is 3.50. The number of esters is 1. The number of azide groups is 1. The summed E-state index contributed by atoms with van der Waals surface area (Å²) in [5.74, 6) is -0.559. The summed E-state index contributed by atoms with van der Waals surface area (Å²) in [6, 6.07) is 8.34. The third kappa shape index (κ3) is 5.77. The number of anilines is 1. The predicted molar refractivity (Wildman–Crippen MR) is 134 cm³/mol. The first-order chi connectivity index (χ1) is 18.6. The minimum atomic E-state index is -4.42. The van der Waals surface area contributed by atoms with Gasteiger partial charge in [0.05, 0.1) is 13.2 Å². The average molecular weight is 565 g/mol. The smallest absolute Gasteiger partial charge is 0.462 e. The van der Waals surface area contributed by atoms with E-state index in [9.17, 15) is 29.9 Å². The van der Waals surface area contributed by atoms with E-state index in [0.717, 1.165) is 4.57 Å². The summed E-state index contributed by atoms with van der Waals surface area (Å²) in [6.45, 7) is 0.995. The van der Waals surface area contributed by atoms with Crippen LogP contribution in [0.4, 0.5) is 5.82 Å². The molecule has 2 unspecified atom stereocenters. The number of aliphatic hydroxyl groups is 2. The van der Waals surface area contributed by atoms with Crippen LogP contribution in [-0.2, 0) is 23.4 Å². The van der Waals surface area contributed by atoms with E-state index >= 15 is 0 Å². The van der Waals surface area contributed by atoms with E-state index in [-0.39, 0.29) is 24.7 Å². The van der Waals surface area contributed by atoms with Gasteiger partial charge in [-0.1, -0.05) is 23.3 Å². The number of ether oxygens (including phenoxy) is 2. The molecule has 0 saturated carbocycles. The Morgan fingerprint density at radius 3 is 2.77 bits per heavy atom. The van der Waals surface area contributed by atoms with Crippen molar-refractivity contribution in [3.8, 4) is 5.75 Å². The molecule has 0 radical (unpaired) electrons. The molecule has 0 aliphatic carbocycles. The molecule has 39 heavy (non-hydrogen) atoms. The normalized spacial score (nSPS) is 28.4. The highest BCUT2D eigenvalue weighted by Gasteiger charge is 2.57. The molecule has 2 saturated heterocycles. The highest BCUT2D eigenvalue weighted by atomic mass is 31.2. The van der Waals surface area contributed by atoms with E-state index in [4.69, 9.17) is 24.3 Å². The fourth-order valence-corrected chi connectivity index (χ4v) is 6.36. The Kier molecular flexibility index (Phi) is 8.57. The van der Waals surface area contributed by atoms with E-state index in [1.54, 1.807) is 25.1 Å². The summed E-state index contributed by atoms with van der Waals surface area (Å²) in [4.78, 5) is 31.2. The molecule has 2 fully saturated rings. The zero-order valence-electron chi connectivity index (χ0n) is 20.8. The number of nitrogen functional groups attached to an aromatic ring is 1. The van der Waals surface area contributed by atoms with Crippen LogP contribution in [0.3, 0.4) is 0 Å². The van der Waals surface area contributed by atoms with Crippen molar-refractivity contribution in [2.45, 2.75) is 50.0 Å². The van der Waals surface area contributed by atoms with Crippen LogP contribution in [-0.4, -0.2) is 74.1 Å². The number of hydrogen-bond donors (Lipinski definition) is 3. The number of aliphatic hydroxyl groups excluding tert-OH is 2. The van der Waals surface area contributed by atoms with Gasteiger partial charge in [-0.3, -0.25) is 13.9 Å². The molecule has 17 heteroatoms. The van der Waals surface area contributed by atoms with Crippen molar-refractivity contribution < 1.29 is 38.1 Å². The summed E-state index contributed by atoms with van der Waals surface area (Å²) >= 11 is 0. The standard InChI is InChI=1S/C22H28N7O9P/c1-2-35-20(32)15-9-6-11-29(15)39(34,38-14-7-4-3-5-8-14)36-13-22(26-27-24)18(31)17(30)19(37-22)28-12-10-16(23)25-21(28)33/h3-5,7-8,10,12,15,17-19,30-31H,2,6,9,11,13H2,1H3,(H2,23,25,33)/t15?,17-,18+,19-,22-,39?/m1/s1. The fraction of sp³-hybridized carbons (Fsp3) is 0.500. The van der Waals surface area contributed by atoms with E-state index < -0.39 is 56.2 Å². The molecule has 4 N–H and O–H groups in total. The fourth-order valence-electron chi connectivity index (χ4n) is 4.38. The molecular weight excluding hydrogens is 537 g/mol. The van der Waals surface area contributed by atoms with E-state index in [1.807, 2.05) is 0 Å². The zero-order chi connectivity index (χ0) is 28.2. The number of carbonyl (C=O) groups is 1. The van der Waals surface area contributed by atoms with Gasteiger partial charge in [-0.05, 0) is 43.5 Å². The highest BCUT2D eigenvalue weighted by Crippen LogP contribution is 2.56. The van der Waals surface area contributed by atoms with Gasteiger partial charge in [0, 0.05) is 17.7 Å². The van der Waals surface area contributed by atoms with Crippen molar-refractivity contribution >= 4 is 19.5 Å². The van der Waals surface area contributed by atoms with Gasteiger partial charge in [-0.15, -0.1) is 0 Å². The summed E-state index contributed by atoms with van der Waals surface area (Å²) in [5, 5.41) is 25.1. The second-order valence-electron chi connectivity index (χ2n) is 8.74. The van der Waals surface area contributed by atoms with Crippen LogP contribution < -0.4 is 15.9 Å². The maximum Gasteiger partial charge on any atom is 0.462 e. The first kappa shape index (κ1) is 28.5. The molecule has 1 aromatic heterocycles. The minimum absolute atomic E-state index is 0.0882. The van der Waals surface area contributed by atoms with Crippen molar-refractivity contribution in [2.24, 2.45) is 5.11 Å². The van der Waals surface area contributed by atoms with Gasteiger partial charge in [-0.2, -0.15) is 9.65 Å². The topological polar surface area (TPSA) is 224 Å². The Bertz CT molecular complexity index is 1340. The quantitative estimate of drug-likeness (QED) is 0.122. The molecule has 210 valence electrons. The predicted octanol–water partition coefficient (Wildman–Crippen LogP) is 1.31. The number of rotatable bonds is 10. The molecule has 2 aliphatic heterocycles. The summed E-state index contributed by atoms with van der Waals surface area (Å²) in [6.07, 6.45) is -3.33. The van der Waals surface area contributed by atoms with Crippen molar-refractivity contribution in [3.05, 3.63) is 63.5 Å². The minimum Gasteiger partial charge on any atom is -0.465 e. The number of para-hydroxylation sites is 1. The second-order valence-corrected chi connectivity index (χ2v) is 10.6. The molecule has 4 rings (SSSR count). The van der Waals surface area contributed by atoms with Crippen LogP contribution >= 0.6 is 7.75 Å². The SMILES string of the molecule is CCOC(=O)C1CCCN1P(=O)(OC[C@@]1(N=[N+]=[N-])O[C@@H](n2ccc(N)nc2=O)[C@H](O)[C@@H]1O)Oc1ccccc1. The largest absolute Gasteiger partial charge is 0.465 e. The van der Waals surface area contributed by atoms with Crippen molar-refractivity contribution in [3.63, 3.8) is 0 Å². The number of aromatic nitrogens is 2. The third-order valence-electron chi connectivity index (χ3n) is 6.24. The van der Waals surface area contributed by atoms with E-state index in [1.165, 1.54) is 29.1 Å². The van der Waals surface area contributed by atoms with Crippen LogP contribution in [0.25, 0.3) is 10.4 Å². The number of benzene rings is 1. The molecule has 2 aromatic rings. The molecule has 0 bridgehead atoms. The maximum absolute atomic E-state index is 14.3. The van der Waals surface area contributed by atoms with Gasteiger partial charge in [0.2, 0.25) is 5.72 Å². The molecule has 1 aromatic carbocycles. The lowest BCUT2D eigenvalue weighted by molar-refractivity contribution is -0.147. The van der Waals surface area contributed by atoms with Crippen LogP contribution in [0.5, 0.6) is 5.75 Å². The van der Waals surface area contributed by atoms with Crippen LogP contribution in [0, 0.1) is 0 Å². The molecule has 16 nitrogen and oxygen atoms in total. The number of nitrogens with zero attached hydrogens (tertiary/aromatic N) is 6. The first-order valence-corrected chi connectivity index (χ1v) is 13.5. The van der Waals surface area contributed by atoms with Gasteiger partial charge < -0.3 is 29.9 Å². The highest BCUT2D eigenvalue weighted by molar-refractivity contribution is 7.51. The Labute approximate surface area is 222 Å². The van der Waals surface area contributed by atoms with Gasteiger partial charge in [-0.25, -0.2) is 9.36 Å². The second kappa shape index (κ2) is 11.7. The lowest BCUT2D eigenvalue weighted by Crippen LogP contribution is -2.46. The lowest BCUT2D eigenvalue weighted by atomic mass is 10.1. The molecule has 2 aliphatic rings. The Hall–Kier alpha value is -3.49. The van der Waals surface area contributed by atoms with E-state index in [0.29, 0.717) is 12.8 Å². The number of nitrogens with two attached hydrogens (primary N) is 1. The molecule has 0 amide bonds. The van der Waals surface area contributed by atoms with Crippen LogP contribution in [0.15, 0.2) is 52.5 Å². The number of hydrogen-bond acceptors (Lipinski definition) is 12. The lowest BCUT2D eigenvalue weighted by Gasteiger charge is -2.33. The Morgan fingerprint density at radius 2 is 2.10 bits per heavy atom. The van der Waals surface area contributed by atoms with Crippen molar-refractivity contribution in [2.75, 3.05) is 25.5 Å². The van der Waals surface area contributed by atoms with Gasteiger partial charge >= 0.3 is 19.4 Å². The van der Waals surface area contributed by atoms with Gasteiger partial charge in [0.25, 0.3) is 0 Å². The van der Waals surface area contributed by atoms with Crippen molar-refractivity contribution in [1.29, 1.82) is 0 Å². The monoisotopic (exact) mass is 565 g/mol. The number of carbonyl (C=O) groups excluding carboxylic acids is 1. The molecule has 3 heterocycles. The van der Waals surface area contributed by atoms with Crippen molar-refractivity contribution in [1.82, 2.24) is 14.2 Å². The van der Waals surface area contributed by atoms with Crippen LogP contribution in [0.2, 0.25) is 0 Å². The zero-order valence-corrected chi connectivity index (χ0v) is 21.7. The molecule has 6 atom stereocenters. The summed E-state index contributed by atoms with van der Waals surface area (Å²) in [7, 11) is -4.42. The first-order valence-electron chi connectivity index (χ1n) is 12.0. The molecule has 0 spiro atoms. The Morgan fingerprint density at radius 1 is 1.36 bits per heavy atom. The molecular formula is C22H28N7O9P. The maximum atomic E-state index is 14.3. The third-order valence-corrected chi connectivity index (χ3v) is 8.24. The Balaban J connectivity index is 1.67. The van der Waals surface area contributed by atoms with Gasteiger partial charge in [0.15, 0.2) is 6.23 Å². The summed E-state index contributed by atoms with van der Waals surface area (Å²) < 4.78 is 38.7. The summed E-state index contributed by atoms with van der Waals surface area (Å²) in [5.41, 5.74) is 11.5. The van der Waals surface area contributed by atoms with E-state index in [2.05, 4.69) is 15.0 Å².